The second kappa shape index (κ2) is 1.58. The van der Waals surface area contributed by atoms with Gasteiger partial charge in [0.25, 0.3) is 0 Å². The van der Waals surface area contributed by atoms with Crippen molar-refractivity contribution in [3.8, 4) is 0 Å². The standard InChI is InChI=1S/C5H5NO2S/c7-3-1-2-6-5(9-6)4(3)8/h5H,1-2H2. The van der Waals surface area contributed by atoms with E-state index in [9.17, 15) is 9.59 Å². The van der Waals surface area contributed by atoms with Crippen LogP contribution in [0.15, 0.2) is 0 Å². The van der Waals surface area contributed by atoms with Crippen molar-refractivity contribution in [1.82, 2.24) is 4.31 Å². The van der Waals surface area contributed by atoms with Gasteiger partial charge in [0.2, 0.25) is 11.6 Å². The lowest BCUT2D eigenvalue weighted by Crippen LogP contribution is -2.30. The van der Waals surface area contributed by atoms with Crippen LogP contribution in [0.5, 0.6) is 0 Å². The second-order valence-electron chi connectivity index (χ2n) is 2.14. The Labute approximate surface area is 56.5 Å². The molecular formula is C5H5NO2S. The molecule has 2 atom stereocenters. The van der Waals surface area contributed by atoms with E-state index in [1.165, 1.54) is 11.9 Å². The van der Waals surface area contributed by atoms with Crippen molar-refractivity contribution in [2.75, 3.05) is 6.54 Å². The van der Waals surface area contributed by atoms with Crippen LogP contribution in [0.3, 0.4) is 0 Å². The Balaban J connectivity index is 2.19. The highest BCUT2D eigenvalue weighted by molar-refractivity contribution is 8.04. The number of fused-ring (bicyclic) bond motifs is 1. The van der Waals surface area contributed by atoms with Gasteiger partial charge < -0.3 is 0 Å². The van der Waals surface area contributed by atoms with Gasteiger partial charge >= 0.3 is 0 Å². The van der Waals surface area contributed by atoms with Crippen molar-refractivity contribution in [3.63, 3.8) is 0 Å². The highest BCUT2D eigenvalue weighted by Gasteiger charge is 2.48. The number of ketones is 2. The van der Waals surface area contributed by atoms with Crippen LogP contribution in [0, 0.1) is 0 Å². The highest BCUT2D eigenvalue weighted by atomic mass is 32.2. The van der Waals surface area contributed by atoms with Gasteiger partial charge in [-0.05, 0) is 11.9 Å². The number of carbonyl (C=O) groups is 2. The first-order valence-electron chi connectivity index (χ1n) is 2.79. The predicted molar refractivity (Wildman–Crippen MR) is 32.7 cm³/mol. The van der Waals surface area contributed by atoms with E-state index >= 15 is 0 Å². The number of carbonyl (C=O) groups excluding carboxylic acids is 2. The predicted octanol–water partition coefficient (Wildman–Crippen LogP) is -0.182. The average molecular weight is 143 g/mol. The smallest absolute Gasteiger partial charge is 0.227 e. The van der Waals surface area contributed by atoms with Crippen LogP contribution in [-0.4, -0.2) is 27.8 Å². The SMILES string of the molecule is O=C1CCN2SC2C1=O. The molecule has 2 aliphatic heterocycles. The van der Waals surface area contributed by atoms with Gasteiger partial charge in [-0.3, -0.25) is 9.59 Å². The molecule has 0 radical (unpaired) electrons. The molecule has 9 heavy (non-hydrogen) atoms. The van der Waals surface area contributed by atoms with Gasteiger partial charge in [0.05, 0.1) is 0 Å². The molecule has 2 heterocycles. The first-order valence-corrected chi connectivity index (χ1v) is 3.63. The molecule has 0 aromatic heterocycles. The fraction of sp³-hybridized carbons (Fsp3) is 0.600. The zero-order valence-electron chi connectivity index (χ0n) is 4.66. The van der Waals surface area contributed by atoms with Crippen molar-refractivity contribution >= 4 is 23.5 Å². The van der Waals surface area contributed by atoms with E-state index in [-0.39, 0.29) is 16.9 Å². The van der Waals surface area contributed by atoms with Crippen LogP contribution in [-0.2, 0) is 9.59 Å². The molecule has 4 heteroatoms. The number of nitrogens with zero attached hydrogens (tertiary/aromatic N) is 1. The minimum Gasteiger partial charge on any atom is -0.291 e. The molecule has 0 aliphatic carbocycles. The van der Waals surface area contributed by atoms with Crippen LogP contribution in [0.2, 0.25) is 0 Å². The quantitative estimate of drug-likeness (QED) is 0.268. The minimum atomic E-state index is -0.203. The van der Waals surface area contributed by atoms with Gasteiger partial charge in [-0.15, -0.1) is 0 Å². The van der Waals surface area contributed by atoms with E-state index in [2.05, 4.69) is 0 Å². The van der Waals surface area contributed by atoms with Crippen LogP contribution in [0.4, 0.5) is 0 Å². The third-order valence-electron chi connectivity index (χ3n) is 1.51. The first-order chi connectivity index (χ1) is 4.29. The molecule has 2 unspecified atom stereocenters. The first kappa shape index (κ1) is 5.44. The van der Waals surface area contributed by atoms with E-state index in [1.54, 1.807) is 0 Å². The molecule has 2 aliphatic rings. The van der Waals surface area contributed by atoms with Crippen molar-refractivity contribution in [2.45, 2.75) is 11.8 Å². The van der Waals surface area contributed by atoms with E-state index in [0.29, 0.717) is 6.42 Å². The number of rotatable bonds is 0. The van der Waals surface area contributed by atoms with E-state index in [1.807, 2.05) is 4.31 Å². The lowest BCUT2D eigenvalue weighted by molar-refractivity contribution is -0.138. The van der Waals surface area contributed by atoms with Crippen LogP contribution < -0.4 is 0 Å². The van der Waals surface area contributed by atoms with Gasteiger partial charge in [0.15, 0.2) is 0 Å². The number of hydrogen-bond donors (Lipinski definition) is 0. The lowest BCUT2D eigenvalue weighted by Gasteiger charge is -2.04. The normalized spacial score (nSPS) is 40.4. The van der Waals surface area contributed by atoms with Crippen molar-refractivity contribution in [1.29, 1.82) is 0 Å². The fourth-order valence-corrected chi connectivity index (χ4v) is 1.75. The van der Waals surface area contributed by atoms with E-state index in [0.717, 1.165) is 6.54 Å². The maximum absolute atomic E-state index is 10.8. The molecule has 0 N–H and O–H groups in total. The summed E-state index contributed by atoms with van der Waals surface area (Å²) < 4.78 is 1.93. The Hall–Kier alpha value is -0.350. The van der Waals surface area contributed by atoms with E-state index in [4.69, 9.17) is 0 Å². The fourth-order valence-electron chi connectivity index (χ4n) is 0.922. The van der Waals surface area contributed by atoms with E-state index < -0.39 is 0 Å². The number of Topliss-reactive ketones (excluding diaryl/α,β-unsaturated/α-hetero) is 2. The molecule has 0 aromatic carbocycles. The third kappa shape index (κ3) is 0.702. The Morgan fingerprint density at radius 1 is 1.56 bits per heavy atom. The summed E-state index contributed by atoms with van der Waals surface area (Å²) in [4.78, 5) is 21.4. The maximum Gasteiger partial charge on any atom is 0.227 e. The Morgan fingerprint density at radius 2 is 2.33 bits per heavy atom. The summed E-state index contributed by atoms with van der Waals surface area (Å²) in [6.07, 6.45) is 0.419. The number of piperidine rings is 1. The topological polar surface area (TPSA) is 37.1 Å². The molecule has 0 bridgehead atoms. The molecule has 0 saturated carbocycles. The second-order valence-corrected chi connectivity index (χ2v) is 3.26. The van der Waals surface area contributed by atoms with Crippen LogP contribution >= 0.6 is 11.9 Å². The molecular weight excluding hydrogens is 138 g/mol. The molecule has 2 rings (SSSR count). The average Bonchev–Trinajstić information content (AvgIpc) is 2.58. The van der Waals surface area contributed by atoms with Gasteiger partial charge in [-0.1, -0.05) is 0 Å². The van der Waals surface area contributed by atoms with Gasteiger partial charge in [-0.25, -0.2) is 4.31 Å². The van der Waals surface area contributed by atoms with Crippen LogP contribution in [0.25, 0.3) is 0 Å². The Kier molecular flexibility index (Phi) is 0.952. The zero-order valence-corrected chi connectivity index (χ0v) is 5.48. The van der Waals surface area contributed by atoms with Gasteiger partial charge in [-0.2, -0.15) is 0 Å². The van der Waals surface area contributed by atoms with Crippen molar-refractivity contribution in [2.24, 2.45) is 0 Å². The molecule has 2 fully saturated rings. The minimum absolute atomic E-state index is 0.0914. The summed E-state index contributed by atoms with van der Waals surface area (Å²) in [5, 5.41) is -0.0914. The summed E-state index contributed by atoms with van der Waals surface area (Å²) in [7, 11) is 0. The molecule has 2 saturated heterocycles. The Morgan fingerprint density at radius 3 is 3.00 bits per heavy atom. The van der Waals surface area contributed by atoms with Gasteiger partial charge in [0, 0.05) is 13.0 Å². The number of hydrogen-bond acceptors (Lipinski definition) is 4. The van der Waals surface area contributed by atoms with Crippen molar-refractivity contribution < 1.29 is 9.59 Å². The van der Waals surface area contributed by atoms with Crippen LogP contribution in [0.1, 0.15) is 6.42 Å². The molecule has 48 valence electrons. The zero-order chi connectivity index (χ0) is 6.43. The third-order valence-corrected chi connectivity index (χ3v) is 2.63. The lowest BCUT2D eigenvalue weighted by atomic mass is 10.1. The Bertz CT molecular complexity index is 191. The molecule has 3 nitrogen and oxygen atoms in total. The largest absolute Gasteiger partial charge is 0.291 e. The maximum atomic E-state index is 10.8. The molecule has 0 amide bonds. The molecule has 0 aromatic rings. The molecule has 0 spiro atoms. The monoisotopic (exact) mass is 143 g/mol. The van der Waals surface area contributed by atoms with Crippen molar-refractivity contribution in [3.05, 3.63) is 0 Å². The summed E-state index contributed by atoms with van der Waals surface area (Å²) in [5.41, 5.74) is 0. The summed E-state index contributed by atoms with van der Waals surface area (Å²) >= 11 is 1.47. The summed E-state index contributed by atoms with van der Waals surface area (Å²) in [6, 6.07) is 0. The summed E-state index contributed by atoms with van der Waals surface area (Å²) in [6.45, 7) is 0.764. The summed E-state index contributed by atoms with van der Waals surface area (Å²) in [5.74, 6) is -0.396. The highest BCUT2D eigenvalue weighted by Crippen LogP contribution is 2.42. The van der Waals surface area contributed by atoms with Gasteiger partial charge in [0.1, 0.15) is 5.37 Å².